The van der Waals surface area contributed by atoms with Gasteiger partial charge in [-0.25, -0.2) is 0 Å². The average molecular weight is 314 g/mol. The third-order valence-corrected chi connectivity index (χ3v) is 3.13. The molecule has 0 radical (unpaired) electrons. The molecule has 0 spiro atoms. The Kier molecular flexibility index (Phi) is 5.85. The smallest absolute Gasteiger partial charge is 0.306 e. The lowest BCUT2D eigenvalue weighted by Gasteiger charge is -2.08. The monoisotopic (exact) mass is 313 g/mol. The number of carboxylic acid groups (broad SMARTS) is 1. The Labute approximate surface area is 115 Å². The first kappa shape index (κ1) is 14.7. The second-order valence-electron chi connectivity index (χ2n) is 4.18. The van der Waals surface area contributed by atoms with E-state index in [1.807, 2.05) is 24.3 Å². The molecule has 0 aromatic heterocycles. The summed E-state index contributed by atoms with van der Waals surface area (Å²) >= 11 is 3.33. The Morgan fingerprint density at radius 2 is 1.94 bits per heavy atom. The van der Waals surface area contributed by atoms with E-state index < -0.39 is 11.9 Å². The maximum atomic E-state index is 11.6. The van der Waals surface area contributed by atoms with Crippen molar-refractivity contribution < 1.29 is 14.7 Å². The number of amides is 1. The summed E-state index contributed by atoms with van der Waals surface area (Å²) in [7, 11) is 0. The topological polar surface area (TPSA) is 66.4 Å². The lowest BCUT2D eigenvalue weighted by Crippen LogP contribution is -2.28. The highest BCUT2D eigenvalue weighted by molar-refractivity contribution is 9.10. The Morgan fingerprint density at radius 3 is 2.50 bits per heavy atom. The molecule has 0 fully saturated rings. The Hall–Kier alpha value is -1.36. The second kappa shape index (κ2) is 7.16. The first-order valence-electron chi connectivity index (χ1n) is 5.73. The van der Waals surface area contributed by atoms with Gasteiger partial charge in [-0.15, -0.1) is 0 Å². The zero-order valence-corrected chi connectivity index (χ0v) is 11.7. The van der Waals surface area contributed by atoms with Crippen LogP contribution in [-0.2, 0) is 16.0 Å². The van der Waals surface area contributed by atoms with E-state index in [1.54, 1.807) is 6.92 Å². The van der Waals surface area contributed by atoms with Gasteiger partial charge in [0.2, 0.25) is 5.91 Å². The van der Waals surface area contributed by atoms with Crippen molar-refractivity contribution in [2.75, 3.05) is 6.54 Å². The molecule has 0 aliphatic carbocycles. The van der Waals surface area contributed by atoms with Gasteiger partial charge in [0.1, 0.15) is 0 Å². The number of aliphatic carboxylic acids is 1. The molecule has 4 nitrogen and oxygen atoms in total. The zero-order valence-electron chi connectivity index (χ0n) is 10.1. The third-order valence-electron chi connectivity index (χ3n) is 2.60. The van der Waals surface area contributed by atoms with Gasteiger partial charge in [-0.2, -0.15) is 0 Å². The fourth-order valence-electron chi connectivity index (χ4n) is 1.40. The van der Waals surface area contributed by atoms with E-state index in [2.05, 4.69) is 21.2 Å². The van der Waals surface area contributed by atoms with Crippen molar-refractivity contribution in [3.8, 4) is 0 Å². The second-order valence-corrected chi connectivity index (χ2v) is 5.10. The van der Waals surface area contributed by atoms with Crippen LogP contribution in [0.25, 0.3) is 0 Å². The largest absolute Gasteiger partial charge is 0.481 e. The predicted molar refractivity (Wildman–Crippen MR) is 72.3 cm³/mol. The van der Waals surface area contributed by atoms with E-state index in [4.69, 9.17) is 5.11 Å². The summed E-state index contributed by atoms with van der Waals surface area (Å²) in [4.78, 5) is 22.2. The number of halogens is 1. The summed E-state index contributed by atoms with van der Waals surface area (Å²) in [5.41, 5.74) is 0.932. The van der Waals surface area contributed by atoms with E-state index in [0.29, 0.717) is 19.4 Å². The van der Waals surface area contributed by atoms with E-state index in [9.17, 15) is 9.59 Å². The third kappa shape index (κ3) is 5.31. The van der Waals surface area contributed by atoms with Gasteiger partial charge < -0.3 is 10.4 Å². The lowest BCUT2D eigenvalue weighted by atomic mass is 10.1. The molecule has 1 unspecified atom stereocenters. The maximum Gasteiger partial charge on any atom is 0.306 e. The van der Waals surface area contributed by atoms with Crippen molar-refractivity contribution in [3.05, 3.63) is 34.3 Å². The normalized spacial score (nSPS) is 11.9. The standard InChI is InChI=1S/C13H16BrNO3/c1-9(13(17)18)6-7-15-12(16)8-10-2-4-11(14)5-3-10/h2-5,9H,6-8H2,1H3,(H,15,16)(H,17,18). The van der Waals surface area contributed by atoms with Crippen molar-refractivity contribution in [2.24, 2.45) is 5.92 Å². The van der Waals surface area contributed by atoms with Crippen LogP contribution in [0.1, 0.15) is 18.9 Å². The van der Waals surface area contributed by atoms with Crippen LogP contribution in [0.5, 0.6) is 0 Å². The van der Waals surface area contributed by atoms with Crippen LogP contribution in [0.2, 0.25) is 0 Å². The summed E-state index contributed by atoms with van der Waals surface area (Å²) in [6.07, 6.45) is 0.760. The molecule has 0 aliphatic heterocycles. The molecular weight excluding hydrogens is 298 g/mol. The highest BCUT2D eigenvalue weighted by Crippen LogP contribution is 2.10. The number of hydrogen-bond acceptors (Lipinski definition) is 2. The van der Waals surface area contributed by atoms with Crippen molar-refractivity contribution in [3.63, 3.8) is 0 Å². The number of rotatable bonds is 6. The minimum absolute atomic E-state index is 0.0880. The highest BCUT2D eigenvalue weighted by Gasteiger charge is 2.10. The van der Waals surface area contributed by atoms with E-state index in [1.165, 1.54) is 0 Å². The SMILES string of the molecule is CC(CCNC(=O)Cc1ccc(Br)cc1)C(=O)O. The molecule has 0 aliphatic rings. The van der Waals surface area contributed by atoms with Crippen LogP contribution < -0.4 is 5.32 Å². The quantitative estimate of drug-likeness (QED) is 0.846. The number of hydrogen-bond donors (Lipinski definition) is 2. The van der Waals surface area contributed by atoms with Crippen LogP contribution in [0.3, 0.4) is 0 Å². The molecule has 1 rings (SSSR count). The summed E-state index contributed by atoms with van der Waals surface area (Å²) in [5.74, 6) is -1.36. The molecule has 1 aromatic carbocycles. The molecule has 5 heteroatoms. The molecule has 0 bridgehead atoms. The van der Waals surface area contributed by atoms with Crippen LogP contribution in [0, 0.1) is 5.92 Å². The number of carbonyl (C=O) groups is 2. The molecule has 0 saturated heterocycles. The first-order valence-corrected chi connectivity index (χ1v) is 6.52. The van der Waals surface area contributed by atoms with Gasteiger partial charge in [0.05, 0.1) is 12.3 Å². The Bertz CT molecular complexity index is 417. The number of carbonyl (C=O) groups excluding carboxylic acids is 1. The summed E-state index contributed by atoms with van der Waals surface area (Å²) in [6.45, 7) is 2.02. The minimum Gasteiger partial charge on any atom is -0.481 e. The number of nitrogens with one attached hydrogen (secondary N) is 1. The summed E-state index contributed by atoms with van der Waals surface area (Å²) < 4.78 is 0.974. The molecule has 1 atom stereocenters. The maximum absolute atomic E-state index is 11.6. The van der Waals surface area contributed by atoms with Gasteiger partial charge >= 0.3 is 5.97 Å². The molecule has 18 heavy (non-hydrogen) atoms. The van der Waals surface area contributed by atoms with E-state index in [0.717, 1.165) is 10.0 Å². The molecular formula is C13H16BrNO3. The highest BCUT2D eigenvalue weighted by atomic mass is 79.9. The van der Waals surface area contributed by atoms with Gasteiger partial charge in [-0.3, -0.25) is 9.59 Å². The van der Waals surface area contributed by atoms with Gasteiger partial charge in [0.15, 0.2) is 0 Å². The van der Waals surface area contributed by atoms with Gasteiger partial charge in [0, 0.05) is 11.0 Å². The van der Waals surface area contributed by atoms with Crippen LogP contribution in [0.15, 0.2) is 28.7 Å². The van der Waals surface area contributed by atoms with E-state index in [-0.39, 0.29) is 5.91 Å². The van der Waals surface area contributed by atoms with Gasteiger partial charge in [0.25, 0.3) is 0 Å². The number of benzene rings is 1. The van der Waals surface area contributed by atoms with Crippen molar-refractivity contribution in [1.29, 1.82) is 0 Å². The molecule has 0 heterocycles. The van der Waals surface area contributed by atoms with Gasteiger partial charge in [-0.1, -0.05) is 35.0 Å². The van der Waals surface area contributed by atoms with Crippen molar-refractivity contribution in [1.82, 2.24) is 5.32 Å². The summed E-state index contributed by atoms with van der Waals surface area (Å²) in [6, 6.07) is 7.53. The van der Waals surface area contributed by atoms with Crippen molar-refractivity contribution in [2.45, 2.75) is 19.8 Å². The minimum atomic E-state index is -0.836. The molecule has 98 valence electrons. The van der Waals surface area contributed by atoms with E-state index >= 15 is 0 Å². The van der Waals surface area contributed by atoms with Gasteiger partial charge in [-0.05, 0) is 24.1 Å². The van der Waals surface area contributed by atoms with Crippen molar-refractivity contribution >= 4 is 27.8 Å². The van der Waals surface area contributed by atoms with Crippen LogP contribution >= 0.6 is 15.9 Å². The zero-order chi connectivity index (χ0) is 13.5. The van der Waals surface area contributed by atoms with Crippen LogP contribution in [-0.4, -0.2) is 23.5 Å². The average Bonchev–Trinajstić information content (AvgIpc) is 2.32. The first-order chi connectivity index (χ1) is 8.49. The molecule has 2 N–H and O–H groups in total. The summed E-state index contributed by atoms with van der Waals surface area (Å²) in [5, 5.41) is 11.4. The van der Waals surface area contributed by atoms with Crippen LogP contribution in [0.4, 0.5) is 0 Å². The fraction of sp³-hybridized carbons (Fsp3) is 0.385. The number of carboxylic acids is 1. The molecule has 0 saturated carbocycles. The lowest BCUT2D eigenvalue weighted by molar-refractivity contribution is -0.141. The predicted octanol–water partition coefficient (Wildman–Crippen LogP) is 2.22. The fourth-order valence-corrected chi connectivity index (χ4v) is 1.67. The molecule has 1 aromatic rings. The Morgan fingerprint density at radius 1 is 1.33 bits per heavy atom. The Balaban J connectivity index is 2.30. The molecule has 1 amide bonds.